The SMILES string of the molecule is Cc1nn(C)c(Cl)c1/C=C/C(=O)N1CCC(c2nc(-c3ccccc3[N+](=O)[O-])cs2)CC1. The van der Waals surface area contributed by atoms with E-state index < -0.39 is 0 Å². The normalized spacial score (nSPS) is 14.9. The van der Waals surface area contributed by atoms with Gasteiger partial charge in [-0.2, -0.15) is 5.10 Å². The molecule has 0 saturated carbocycles. The summed E-state index contributed by atoms with van der Waals surface area (Å²) in [5.41, 5.74) is 2.74. The van der Waals surface area contributed by atoms with Gasteiger partial charge in [-0.3, -0.25) is 19.6 Å². The molecule has 166 valence electrons. The molecule has 0 unspecified atom stereocenters. The summed E-state index contributed by atoms with van der Waals surface area (Å²) in [6, 6.07) is 6.64. The standard InChI is InChI=1S/C22H22ClN5O3S/c1-14-16(21(23)26(2)25-14)7-8-20(29)27-11-9-15(10-12-27)22-24-18(13-32-22)17-5-3-4-6-19(17)28(30)31/h3-8,13,15H,9-12H2,1-2H3/b8-7+. The van der Waals surface area contributed by atoms with E-state index in [0.29, 0.717) is 29.5 Å². The van der Waals surface area contributed by atoms with Gasteiger partial charge >= 0.3 is 0 Å². The van der Waals surface area contributed by atoms with Crippen LogP contribution in [0.25, 0.3) is 17.3 Å². The molecule has 0 atom stereocenters. The average molecular weight is 472 g/mol. The van der Waals surface area contributed by atoms with Crippen LogP contribution in [-0.4, -0.2) is 43.6 Å². The fraction of sp³-hybridized carbons (Fsp3) is 0.318. The van der Waals surface area contributed by atoms with Crippen LogP contribution < -0.4 is 0 Å². The summed E-state index contributed by atoms with van der Waals surface area (Å²) in [5, 5.41) is 18.9. The number of carbonyl (C=O) groups is 1. The maximum absolute atomic E-state index is 12.6. The molecule has 0 bridgehead atoms. The lowest BCUT2D eigenvalue weighted by Crippen LogP contribution is -2.36. The monoisotopic (exact) mass is 471 g/mol. The highest BCUT2D eigenvalue weighted by Crippen LogP contribution is 2.35. The molecule has 0 N–H and O–H groups in total. The van der Waals surface area contributed by atoms with Crippen molar-refractivity contribution in [3.63, 3.8) is 0 Å². The van der Waals surface area contributed by atoms with E-state index >= 15 is 0 Å². The number of likely N-dealkylation sites (tertiary alicyclic amines) is 1. The molecule has 1 aromatic carbocycles. The minimum atomic E-state index is -0.383. The lowest BCUT2D eigenvalue weighted by atomic mass is 9.97. The molecule has 4 rings (SSSR count). The van der Waals surface area contributed by atoms with Gasteiger partial charge in [0.1, 0.15) is 5.15 Å². The average Bonchev–Trinajstić information content (AvgIpc) is 3.37. The van der Waals surface area contributed by atoms with E-state index in [1.165, 1.54) is 17.4 Å². The Morgan fingerprint density at radius 1 is 1.31 bits per heavy atom. The summed E-state index contributed by atoms with van der Waals surface area (Å²) in [6.07, 6.45) is 4.87. The number of benzene rings is 1. The first-order valence-electron chi connectivity index (χ1n) is 10.2. The zero-order valence-electron chi connectivity index (χ0n) is 17.7. The number of carbonyl (C=O) groups excluding carboxylic acids is 1. The van der Waals surface area contributed by atoms with Gasteiger partial charge in [0, 0.05) is 49.1 Å². The van der Waals surface area contributed by atoms with Crippen molar-refractivity contribution < 1.29 is 9.72 Å². The van der Waals surface area contributed by atoms with E-state index in [9.17, 15) is 14.9 Å². The first-order chi connectivity index (χ1) is 15.3. The number of thiazole rings is 1. The van der Waals surface area contributed by atoms with Crippen molar-refractivity contribution >= 4 is 40.6 Å². The van der Waals surface area contributed by atoms with Gasteiger partial charge in [-0.25, -0.2) is 4.98 Å². The Balaban J connectivity index is 1.40. The third-order valence-electron chi connectivity index (χ3n) is 5.64. The second-order valence-electron chi connectivity index (χ2n) is 7.69. The molecule has 0 radical (unpaired) electrons. The fourth-order valence-electron chi connectivity index (χ4n) is 3.89. The minimum Gasteiger partial charge on any atom is -0.339 e. The summed E-state index contributed by atoms with van der Waals surface area (Å²) in [4.78, 5) is 30.1. The predicted molar refractivity (Wildman–Crippen MR) is 125 cm³/mol. The predicted octanol–water partition coefficient (Wildman–Crippen LogP) is 4.83. The van der Waals surface area contributed by atoms with Gasteiger partial charge in [-0.05, 0) is 31.9 Å². The van der Waals surface area contributed by atoms with Crippen LogP contribution in [0.3, 0.4) is 0 Å². The molecule has 2 aromatic heterocycles. The Morgan fingerprint density at radius 3 is 2.69 bits per heavy atom. The zero-order chi connectivity index (χ0) is 22.8. The maximum atomic E-state index is 12.6. The topological polar surface area (TPSA) is 94.2 Å². The summed E-state index contributed by atoms with van der Waals surface area (Å²) in [7, 11) is 1.76. The zero-order valence-corrected chi connectivity index (χ0v) is 19.3. The van der Waals surface area contributed by atoms with Gasteiger partial charge in [0.05, 0.1) is 26.9 Å². The molecule has 1 amide bonds. The lowest BCUT2D eigenvalue weighted by molar-refractivity contribution is -0.384. The number of para-hydroxylation sites is 1. The number of hydrogen-bond acceptors (Lipinski definition) is 6. The molecule has 1 aliphatic rings. The minimum absolute atomic E-state index is 0.0532. The summed E-state index contributed by atoms with van der Waals surface area (Å²) < 4.78 is 1.58. The van der Waals surface area contributed by atoms with Crippen molar-refractivity contribution in [3.8, 4) is 11.3 Å². The number of rotatable bonds is 5. The van der Waals surface area contributed by atoms with Crippen LogP contribution in [0.4, 0.5) is 5.69 Å². The van der Waals surface area contributed by atoms with Crippen molar-refractivity contribution in [2.24, 2.45) is 7.05 Å². The Morgan fingerprint density at radius 2 is 2.03 bits per heavy atom. The summed E-state index contributed by atoms with van der Waals surface area (Å²) >= 11 is 7.74. The molecule has 0 spiro atoms. The third kappa shape index (κ3) is 4.44. The first-order valence-corrected chi connectivity index (χ1v) is 11.5. The number of nitrogens with zero attached hydrogens (tertiary/aromatic N) is 5. The van der Waals surface area contributed by atoms with Crippen LogP contribution in [0, 0.1) is 17.0 Å². The van der Waals surface area contributed by atoms with Crippen molar-refractivity contribution in [3.05, 3.63) is 67.3 Å². The molecule has 32 heavy (non-hydrogen) atoms. The highest BCUT2D eigenvalue weighted by molar-refractivity contribution is 7.10. The van der Waals surface area contributed by atoms with Gasteiger partial charge in [0.2, 0.25) is 5.91 Å². The number of nitro groups is 1. The molecule has 3 heterocycles. The first kappa shape index (κ1) is 22.2. The molecular formula is C22H22ClN5O3S. The van der Waals surface area contributed by atoms with Gasteiger partial charge in [-0.1, -0.05) is 23.7 Å². The van der Waals surface area contributed by atoms with Crippen molar-refractivity contribution in [2.75, 3.05) is 13.1 Å². The Bertz CT molecular complexity index is 1190. The van der Waals surface area contributed by atoms with Crippen LogP contribution in [0.2, 0.25) is 5.15 Å². The largest absolute Gasteiger partial charge is 0.339 e. The summed E-state index contributed by atoms with van der Waals surface area (Å²) in [6.45, 7) is 3.12. The van der Waals surface area contributed by atoms with E-state index in [1.54, 1.807) is 42.1 Å². The molecule has 1 aliphatic heterocycles. The number of amides is 1. The van der Waals surface area contributed by atoms with E-state index in [4.69, 9.17) is 11.6 Å². The van der Waals surface area contributed by atoms with E-state index in [2.05, 4.69) is 10.1 Å². The van der Waals surface area contributed by atoms with Crippen LogP contribution in [0.5, 0.6) is 0 Å². The van der Waals surface area contributed by atoms with Crippen molar-refractivity contribution in [1.29, 1.82) is 0 Å². The quantitative estimate of drug-likeness (QED) is 0.301. The van der Waals surface area contributed by atoms with E-state index in [0.717, 1.165) is 29.1 Å². The van der Waals surface area contributed by atoms with Crippen molar-refractivity contribution in [1.82, 2.24) is 19.7 Å². The third-order valence-corrected chi connectivity index (χ3v) is 7.10. The smallest absolute Gasteiger partial charge is 0.278 e. The van der Waals surface area contributed by atoms with Gasteiger partial charge in [-0.15, -0.1) is 11.3 Å². The Hall–Kier alpha value is -3.04. The molecule has 3 aromatic rings. The molecule has 10 heteroatoms. The lowest BCUT2D eigenvalue weighted by Gasteiger charge is -2.30. The number of piperidine rings is 1. The van der Waals surface area contributed by atoms with Gasteiger partial charge < -0.3 is 4.90 Å². The number of aromatic nitrogens is 3. The van der Waals surface area contributed by atoms with Crippen LogP contribution >= 0.6 is 22.9 Å². The van der Waals surface area contributed by atoms with Crippen LogP contribution in [0.15, 0.2) is 35.7 Å². The molecule has 1 saturated heterocycles. The van der Waals surface area contributed by atoms with Crippen LogP contribution in [-0.2, 0) is 11.8 Å². The number of halogens is 1. The maximum Gasteiger partial charge on any atom is 0.278 e. The second kappa shape index (κ2) is 9.22. The summed E-state index contributed by atoms with van der Waals surface area (Å²) in [5.74, 6) is 0.182. The van der Waals surface area contributed by atoms with E-state index in [1.807, 2.05) is 17.2 Å². The number of aryl methyl sites for hydroxylation is 2. The van der Waals surface area contributed by atoms with Gasteiger partial charge in [0.15, 0.2) is 0 Å². The molecule has 1 fully saturated rings. The Labute approximate surface area is 194 Å². The highest BCUT2D eigenvalue weighted by atomic mass is 35.5. The van der Waals surface area contributed by atoms with E-state index in [-0.39, 0.29) is 22.4 Å². The second-order valence-corrected chi connectivity index (χ2v) is 8.94. The Kier molecular flexibility index (Phi) is 6.38. The molecule has 0 aliphatic carbocycles. The van der Waals surface area contributed by atoms with Crippen LogP contribution in [0.1, 0.15) is 35.0 Å². The van der Waals surface area contributed by atoms with Gasteiger partial charge in [0.25, 0.3) is 5.69 Å². The highest BCUT2D eigenvalue weighted by Gasteiger charge is 2.26. The number of hydrogen-bond donors (Lipinski definition) is 0. The van der Waals surface area contributed by atoms with Crippen molar-refractivity contribution in [2.45, 2.75) is 25.7 Å². The molecular weight excluding hydrogens is 450 g/mol. The number of nitro benzene ring substituents is 1. The fourth-order valence-corrected chi connectivity index (χ4v) is 5.12. The molecule has 8 nitrogen and oxygen atoms in total.